The summed E-state index contributed by atoms with van der Waals surface area (Å²) in [5, 5.41) is 0. The molecule has 0 aliphatic rings. The zero-order chi connectivity index (χ0) is 106. The molecule has 37 heteroatoms. The fourth-order valence-corrected chi connectivity index (χ4v) is 23.5. The average molecular weight is 2150 g/mol. The van der Waals surface area contributed by atoms with Gasteiger partial charge in [0, 0.05) is 0 Å². The van der Waals surface area contributed by atoms with Crippen LogP contribution >= 0.6 is 0 Å². The molecule has 0 aliphatic carbocycles. The Hall–Kier alpha value is -14.7. The highest BCUT2D eigenvalue weighted by atomic mass is 32.2. The highest BCUT2D eigenvalue weighted by molar-refractivity contribution is 7.98. The Morgan fingerprint density at radius 3 is 0.622 bits per heavy atom. The number of carbonyl (C=O) groups excluding carboxylic acids is 5. The molecule has 0 saturated heterocycles. The van der Waals surface area contributed by atoms with E-state index in [9.17, 15) is 103 Å². The number of halogens is 18. The van der Waals surface area contributed by atoms with Crippen molar-refractivity contribution in [1.29, 1.82) is 0 Å². The van der Waals surface area contributed by atoms with Gasteiger partial charge in [-0.25, -0.2) is 24.0 Å². The number of rotatable bonds is 34. The van der Waals surface area contributed by atoms with Crippen LogP contribution in [-0.4, -0.2) is 119 Å². The van der Waals surface area contributed by atoms with Gasteiger partial charge in [0.25, 0.3) is 6.10 Å². The van der Waals surface area contributed by atoms with Crippen molar-refractivity contribution in [2.24, 2.45) is 0 Å². The molecule has 0 atom stereocenters. The minimum Gasteiger partial charge on any atom is -0.482 e. The van der Waals surface area contributed by atoms with Gasteiger partial charge in [0.1, 0.15) is 36.2 Å². The standard InChI is InChI=1S/C23H17F6O3S.C23H20F3O3S.C22H18F3O3S.C22H18F3O2S.C21H16F3O3S/c24-22(25,26)21(23(27,28)29)32-20(30)15-31-16-11-13-19(14-12-16)33(17-7-3-1-4-8-17)18-9-5-2-6-10-18;24-23(25,26)15-16-28-22(27)17-29-18-11-13-21(14-12-18)30(19-7-3-1-4-8-19)20-9-5-2-6-10-20;23-22(24,25)16-28-21(26)15-27-17-11-13-20(14-12-17)29(18-7-3-1-4-8-18)19-9-5-2-6-10-19;23-22(24,25)15-16-27-21(26)17-11-13-20(14-12-17)28(18-7-3-1-4-8-18)19-9-5-2-6-10-19;22-21(23,24)27-20(25)15-26-16-11-13-19(14-12-16)28(17-7-3-1-4-8-17)18-9-5-2-6-10-18/h1-14,21H,15H2;1-14H,15-17H2;1-14H,15-16H2;1-14H,15-16H2;1-14H,15H2/q5*+1. The van der Waals surface area contributed by atoms with Gasteiger partial charge >= 0.3 is 67.1 Å². The number of ether oxygens (including phenoxy) is 9. The normalized spacial score (nSPS) is 11.5. The maximum Gasteiger partial charge on any atom is 0.575 e. The third-order valence-corrected chi connectivity index (χ3v) is 30.7. The maximum absolute atomic E-state index is 12.5. The van der Waals surface area contributed by atoms with Gasteiger partial charge in [-0.1, -0.05) is 182 Å². The molecule has 768 valence electrons. The molecule has 15 aromatic rings. The molecule has 0 bridgehead atoms. The van der Waals surface area contributed by atoms with E-state index in [4.69, 9.17) is 23.7 Å². The van der Waals surface area contributed by atoms with Crippen molar-refractivity contribution in [2.75, 3.05) is 46.2 Å². The van der Waals surface area contributed by atoms with Crippen LogP contribution in [0.15, 0.2) is 498 Å². The van der Waals surface area contributed by atoms with Crippen molar-refractivity contribution in [3.8, 4) is 23.0 Å². The third kappa shape index (κ3) is 38.6. The first kappa shape index (κ1) is 114. The summed E-state index contributed by atoms with van der Waals surface area (Å²) in [5.74, 6) is -4.74. The zero-order valence-corrected chi connectivity index (χ0v) is 81.5. The molecule has 0 aromatic heterocycles. The molecule has 15 aromatic carbocycles. The Morgan fingerprint density at radius 2 is 0.412 bits per heavy atom. The van der Waals surface area contributed by atoms with Crippen molar-refractivity contribution < 1.29 is 146 Å². The summed E-state index contributed by atoms with van der Waals surface area (Å²) in [6.45, 7) is -5.96. The SMILES string of the molecule is O=C(COc1ccc([S+](c2ccccc2)c2ccccc2)cc1)OC(C(F)(F)F)C(F)(F)F.O=C(COc1ccc([S+](c2ccccc2)c2ccccc2)cc1)OC(F)(F)F.O=C(COc1ccc([S+](c2ccccc2)c2ccccc2)cc1)OCC(F)(F)F.O=C(COc1ccc([S+](c2ccccc2)c2ccccc2)cc1)OCCC(F)(F)F.O=C(OCCC(F)(F)F)c1ccc([S+](c2ccccc2)c2ccccc2)cc1. The number of hydrogen-bond acceptors (Lipinski definition) is 14. The molecular weight excluding hydrogens is 2060 g/mol. The molecule has 0 spiro atoms. The van der Waals surface area contributed by atoms with Crippen LogP contribution in [0.2, 0.25) is 0 Å². The quantitative estimate of drug-likeness (QED) is 0.0162. The Balaban J connectivity index is 0.000000176. The number of hydrogen-bond donors (Lipinski definition) is 0. The Labute approximate surface area is 853 Å². The predicted molar refractivity (Wildman–Crippen MR) is 523 cm³/mol. The molecule has 0 N–H and O–H groups in total. The number of carbonyl (C=O) groups is 5. The van der Waals surface area contributed by atoms with Crippen LogP contribution in [0.3, 0.4) is 0 Å². The first-order chi connectivity index (χ1) is 70.8. The summed E-state index contributed by atoms with van der Waals surface area (Å²) in [7, 11) is -1.78. The lowest BCUT2D eigenvalue weighted by Crippen LogP contribution is -2.46. The molecule has 15 rings (SSSR count). The van der Waals surface area contributed by atoms with Crippen LogP contribution in [0.1, 0.15) is 23.2 Å². The topological polar surface area (TPSA) is 168 Å². The van der Waals surface area contributed by atoms with Crippen molar-refractivity contribution in [2.45, 2.75) is 130 Å². The summed E-state index contributed by atoms with van der Waals surface area (Å²) in [4.78, 5) is 73.8. The zero-order valence-electron chi connectivity index (χ0n) is 77.4. The number of benzene rings is 15. The molecule has 0 radical (unpaired) electrons. The molecule has 0 amide bonds. The summed E-state index contributed by atoms with van der Waals surface area (Å²) in [6.07, 6.45) is -36.3. The maximum atomic E-state index is 12.5. The second-order valence-electron chi connectivity index (χ2n) is 30.5. The Morgan fingerprint density at radius 1 is 0.216 bits per heavy atom. The highest BCUT2D eigenvalue weighted by Gasteiger charge is 2.60. The second-order valence-corrected chi connectivity index (χ2v) is 40.6. The first-order valence-corrected chi connectivity index (χ1v) is 50.4. The van der Waals surface area contributed by atoms with Crippen LogP contribution in [0, 0.1) is 0 Å². The lowest BCUT2D eigenvalue weighted by molar-refractivity contribution is -0.313. The van der Waals surface area contributed by atoms with Crippen molar-refractivity contribution in [3.05, 3.63) is 430 Å². The average Bonchev–Trinajstić information content (AvgIpc) is 0.830. The third-order valence-electron chi connectivity index (χ3n) is 19.5. The van der Waals surface area contributed by atoms with Crippen molar-refractivity contribution >= 4 is 84.3 Å². The monoisotopic (exact) mass is 2150 g/mol. The minimum absolute atomic E-state index is 0.0935. The van der Waals surface area contributed by atoms with E-state index in [0.29, 0.717) is 11.5 Å². The summed E-state index contributed by atoms with van der Waals surface area (Å²) in [5.41, 5.74) is 0.232. The lowest BCUT2D eigenvalue weighted by atomic mass is 10.2. The van der Waals surface area contributed by atoms with Crippen LogP contribution in [0.25, 0.3) is 0 Å². The Bertz CT molecular complexity index is 6310. The van der Waals surface area contributed by atoms with Gasteiger partial charge in [0.2, 0.25) is 0 Å². The molecule has 0 saturated carbocycles. The van der Waals surface area contributed by atoms with E-state index in [2.05, 4.69) is 91.7 Å². The smallest absolute Gasteiger partial charge is 0.482 e. The Kier molecular flexibility index (Phi) is 42.8. The van der Waals surface area contributed by atoms with Gasteiger partial charge in [0.15, 0.2) is 106 Å². The van der Waals surface area contributed by atoms with Gasteiger partial charge in [0.05, 0.1) is 72.9 Å². The summed E-state index contributed by atoms with van der Waals surface area (Å²) >= 11 is 0. The molecule has 0 fully saturated rings. The van der Waals surface area contributed by atoms with E-state index in [1.165, 1.54) is 21.9 Å². The van der Waals surface area contributed by atoms with Gasteiger partial charge in [-0.2, -0.15) is 65.9 Å². The van der Waals surface area contributed by atoms with E-state index >= 15 is 0 Å². The van der Waals surface area contributed by atoms with Gasteiger partial charge in [-0.3, -0.25) is 0 Å². The van der Waals surface area contributed by atoms with Crippen LogP contribution < -0.4 is 18.9 Å². The largest absolute Gasteiger partial charge is 0.575 e. The van der Waals surface area contributed by atoms with Gasteiger partial charge in [-0.05, 0) is 243 Å². The fraction of sp³-hybridized carbons (Fsp3) is 0.144. The molecular formula is C111H89F18O14S5+5. The molecule has 0 heterocycles. The highest BCUT2D eigenvalue weighted by Crippen LogP contribution is 2.41. The molecule has 0 aliphatic heterocycles. The van der Waals surface area contributed by atoms with Crippen molar-refractivity contribution in [3.63, 3.8) is 0 Å². The van der Waals surface area contributed by atoms with Crippen LogP contribution in [0.4, 0.5) is 79.0 Å². The number of alkyl halides is 18. The van der Waals surface area contributed by atoms with Gasteiger partial charge < -0.3 is 42.6 Å². The summed E-state index contributed by atoms with van der Waals surface area (Å²) in [6, 6.07) is 134. The predicted octanol–water partition coefficient (Wildman–Crippen LogP) is 28.2. The minimum atomic E-state index is -5.78. The van der Waals surface area contributed by atoms with E-state index in [-0.39, 0.29) is 60.6 Å². The lowest BCUT2D eigenvalue weighted by Gasteiger charge is -2.22. The van der Waals surface area contributed by atoms with Crippen LogP contribution in [0.5, 0.6) is 23.0 Å². The van der Waals surface area contributed by atoms with Crippen molar-refractivity contribution in [1.82, 2.24) is 0 Å². The van der Waals surface area contributed by atoms with E-state index < -0.39 is 143 Å². The molecule has 148 heavy (non-hydrogen) atoms. The summed E-state index contributed by atoms with van der Waals surface area (Å²) < 4.78 is 261. The van der Waals surface area contributed by atoms with E-state index in [0.717, 1.165) is 63.6 Å². The van der Waals surface area contributed by atoms with Crippen LogP contribution in [-0.2, 0) is 97.3 Å². The van der Waals surface area contributed by atoms with E-state index in [1.807, 2.05) is 279 Å². The molecule has 0 unspecified atom stereocenters. The second kappa shape index (κ2) is 55.8. The first-order valence-electron chi connectivity index (χ1n) is 44.3. The number of esters is 5. The molecule has 14 nitrogen and oxygen atoms in total. The van der Waals surface area contributed by atoms with E-state index in [1.54, 1.807) is 60.7 Å². The fourth-order valence-electron chi connectivity index (χ4n) is 13.1. The van der Waals surface area contributed by atoms with Gasteiger partial charge in [-0.15, -0.1) is 13.2 Å².